The molecule has 1 aliphatic rings. The van der Waals surface area contributed by atoms with Crippen LogP contribution >= 0.6 is 15.9 Å². The Balaban J connectivity index is 2.05. The molecule has 0 N–H and O–H groups in total. The lowest BCUT2D eigenvalue weighted by Crippen LogP contribution is -2.29. The quantitative estimate of drug-likeness (QED) is 0.753. The number of hydrogen-bond donors (Lipinski definition) is 0. The van der Waals surface area contributed by atoms with Gasteiger partial charge in [0.1, 0.15) is 0 Å². The molecule has 2 rings (SSSR count). The van der Waals surface area contributed by atoms with E-state index in [1.54, 1.807) is 0 Å². The maximum absolute atomic E-state index is 5.55. The monoisotopic (exact) mass is 282 g/mol. The summed E-state index contributed by atoms with van der Waals surface area (Å²) in [6, 6.07) is 6.78. The molecule has 2 heteroatoms. The van der Waals surface area contributed by atoms with Crippen molar-refractivity contribution in [2.75, 3.05) is 13.2 Å². The lowest BCUT2D eigenvalue weighted by Gasteiger charge is -2.27. The zero-order valence-electron chi connectivity index (χ0n) is 10.0. The van der Waals surface area contributed by atoms with Gasteiger partial charge >= 0.3 is 0 Å². The molecule has 0 aromatic heterocycles. The van der Waals surface area contributed by atoms with Crippen molar-refractivity contribution in [3.63, 3.8) is 0 Å². The van der Waals surface area contributed by atoms with Gasteiger partial charge < -0.3 is 4.74 Å². The minimum Gasteiger partial charge on any atom is -0.381 e. The first-order valence-corrected chi connectivity index (χ1v) is 6.86. The standard InChI is InChI=1S/C14H19BrO/c1-10-3-4-12(7-11(10)2)8-13-9-16-6-5-14(13)15/h3-4,7,13-14H,5-6,8-9H2,1-2H3. The van der Waals surface area contributed by atoms with E-state index in [1.807, 2.05) is 0 Å². The zero-order valence-corrected chi connectivity index (χ0v) is 11.6. The molecule has 0 aliphatic carbocycles. The number of alkyl halides is 1. The van der Waals surface area contributed by atoms with Crippen molar-refractivity contribution < 1.29 is 4.74 Å². The predicted octanol–water partition coefficient (Wildman–Crippen LogP) is 3.65. The number of hydrogen-bond acceptors (Lipinski definition) is 1. The lowest BCUT2D eigenvalue weighted by molar-refractivity contribution is 0.0605. The summed E-state index contributed by atoms with van der Waals surface area (Å²) in [5, 5.41) is 0. The Morgan fingerprint density at radius 2 is 2.12 bits per heavy atom. The van der Waals surface area contributed by atoms with Gasteiger partial charge in [0, 0.05) is 11.4 Å². The minimum absolute atomic E-state index is 0.614. The van der Waals surface area contributed by atoms with Crippen LogP contribution in [0.25, 0.3) is 0 Å². The first-order valence-electron chi connectivity index (χ1n) is 5.95. The highest BCUT2D eigenvalue weighted by Crippen LogP contribution is 2.26. The van der Waals surface area contributed by atoms with E-state index in [-0.39, 0.29) is 0 Å². The lowest BCUT2D eigenvalue weighted by atomic mass is 9.92. The van der Waals surface area contributed by atoms with Gasteiger partial charge in [0.25, 0.3) is 0 Å². The maximum Gasteiger partial charge on any atom is 0.0508 e. The largest absolute Gasteiger partial charge is 0.381 e. The van der Waals surface area contributed by atoms with Crippen LogP contribution in [0.5, 0.6) is 0 Å². The van der Waals surface area contributed by atoms with Crippen molar-refractivity contribution in [2.45, 2.75) is 31.5 Å². The van der Waals surface area contributed by atoms with Crippen LogP contribution in [0.1, 0.15) is 23.1 Å². The predicted molar refractivity (Wildman–Crippen MR) is 71.3 cm³/mol. The second-order valence-electron chi connectivity index (χ2n) is 4.76. The van der Waals surface area contributed by atoms with Gasteiger partial charge in [-0.05, 0) is 49.3 Å². The van der Waals surface area contributed by atoms with Crippen molar-refractivity contribution in [3.05, 3.63) is 34.9 Å². The van der Waals surface area contributed by atoms with Crippen molar-refractivity contribution >= 4 is 15.9 Å². The molecule has 0 bridgehead atoms. The summed E-state index contributed by atoms with van der Waals surface area (Å²) < 4.78 is 5.55. The Morgan fingerprint density at radius 3 is 2.81 bits per heavy atom. The molecule has 1 saturated heterocycles. The second kappa shape index (κ2) is 5.33. The number of rotatable bonds is 2. The van der Waals surface area contributed by atoms with Gasteiger partial charge in [0.2, 0.25) is 0 Å². The summed E-state index contributed by atoms with van der Waals surface area (Å²) >= 11 is 3.77. The Bertz CT molecular complexity index is 362. The highest BCUT2D eigenvalue weighted by atomic mass is 79.9. The van der Waals surface area contributed by atoms with Crippen LogP contribution in [-0.2, 0) is 11.2 Å². The topological polar surface area (TPSA) is 9.23 Å². The van der Waals surface area contributed by atoms with Crippen LogP contribution < -0.4 is 0 Å². The molecule has 1 aliphatic heterocycles. The highest BCUT2D eigenvalue weighted by molar-refractivity contribution is 9.09. The zero-order chi connectivity index (χ0) is 11.5. The molecule has 1 fully saturated rings. The van der Waals surface area contributed by atoms with Crippen LogP contribution in [0.2, 0.25) is 0 Å². The van der Waals surface area contributed by atoms with E-state index in [0.717, 1.165) is 26.1 Å². The molecule has 0 amide bonds. The van der Waals surface area contributed by atoms with Gasteiger partial charge in [-0.3, -0.25) is 0 Å². The highest BCUT2D eigenvalue weighted by Gasteiger charge is 2.23. The van der Waals surface area contributed by atoms with Gasteiger partial charge in [0.05, 0.1) is 6.61 Å². The Labute approximate surface area is 106 Å². The van der Waals surface area contributed by atoms with Gasteiger partial charge in [0.15, 0.2) is 0 Å². The SMILES string of the molecule is Cc1ccc(CC2COCCC2Br)cc1C. The van der Waals surface area contributed by atoms with Gasteiger partial charge in [-0.2, -0.15) is 0 Å². The van der Waals surface area contributed by atoms with Gasteiger partial charge in [-0.1, -0.05) is 34.1 Å². The average Bonchev–Trinajstić information content (AvgIpc) is 2.27. The molecule has 16 heavy (non-hydrogen) atoms. The molecule has 2 unspecified atom stereocenters. The van der Waals surface area contributed by atoms with E-state index in [1.165, 1.54) is 16.7 Å². The Morgan fingerprint density at radius 1 is 1.31 bits per heavy atom. The van der Waals surface area contributed by atoms with E-state index in [0.29, 0.717) is 10.7 Å². The van der Waals surface area contributed by atoms with Crippen LogP contribution in [-0.4, -0.2) is 18.0 Å². The van der Waals surface area contributed by atoms with Crippen molar-refractivity contribution in [3.8, 4) is 0 Å². The third-order valence-electron chi connectivity index (χ3n) is 3.45. The average molecular weight is 283 g/mol. The van der Waals surface area contributed by atoms with Crippen molar-refractivity contribution in [1.82, 2.24) is 0 Å². The minimum atomic E-state index is 0.614. The molecular formula is C14H19BrO. The van der Waals surface area contributed by atoms with Gasteiger partial charge in [-0.15, -0.1) is 0 Å². The molecule has 0 saturated carbocycles. The van der Waals surface area contributed by atoms with E-state index >= 15 is 0 Å². The summed E-state index contributed by atoms with van der Waals surface area (Å²) in [5.41, 5.74) is 4.20. The fourth-order valence-corrected chi connectivity index (χ4v) is 2.72. The maximum atomic E-state index is 5.55. The molecule has 1 aromatic rings. The summed E-state index contributed by atoms with van der Waals surface area (Å²) in [6.07, 6.45) is 2.26. The number of ether oxygens (including phenoxy) is 1. The first kappa shape index (κ1) is 12.1. The van der Waals surface area contributed by atoms with E-state index < -0.39 is 0 Å². The number of aryl methyl sites for hydroxylation is 2. The van der Waals surface area contributed by atoms with Gasteiger partial charge in [-0.25, -0.2) is 0 Å². The fourth-order valence-electron chi connectivity index (χ4n) is 2.19. The first-order chi connectivity index (χ1) is 7.66. The van der Waals surface area contributed by atoms with Crippen LogP contribution in [0.15, 0.2) is 18.2 Å². The summed E-state index contributed by atoms with van der Waals surface area (Å²) in [5.74, 6) is 0.621. The Hall–Kier alpha value is -0.340. The fraction of sp³-hybridized carbons (Fsp3) is 0.571. The Kier molecular flexibility index (Phi) is 4.04. The van der Waals surface area contributed by atoms with Crippen LogP contribution in [0.4, 0.5) is 0 Å². The molecule has 1 nitrogen and oxygen atoms in total. The smallest absolute Gasteiger partial charge is 0.0508 e. The third kappa shape index (κ3) is 2.86. The van der Waals surface area contributed by atoms with Crippen molar-refractivity contribution in [2.24, 2.45) is 5.92 Å². The van der Waals surface area contributed by atoms with Crippen molar-refractivity contribution in [1.29, 1.82) is 0 Å². The van der Waals surface area contributed by atoms with E-state index in [2.05, 4.69) is 48.0 Å². The third-order valence-corrected chi connectivity index (χ3v) is 4.66. The second-order valence-corrected chi connectivity index (χ2v) is 5.94. The molecule has 2 atom stereocenters. The summed E-state index contributed by atoms with van der Waals surface area (Å²) in [7, 11) is 0. The van der Waals surface area contributed by atoms with E-state index in [4.69, 9.17) is 4.74 Å². The molecule has 1 heterocycles. The molecule has 0 radical (unpaired) electrons. The number of benzene rings is 1. The van der Waals surface area contributed by atoms with E-state index in [9.17, 15) is 0 Å². The van der Waals surface area contributed by atoms with Crippen LogP contribution in [0, 0.1) is 19.8 Å². The normalized spacial score (nSPS) is 25.7. The van der Waals surface area contributed by atoms with Crippen LogP contribution in [0.3, 0.4) is 0 Å². The summed E-state index contributed by atoms with van der Waals surface area (Å²) in [4.78, 5) is 0.614. The molecule has 1 aromatic carbocycles. The number of halogens is 1. The molecule has 88 valence electrons. The molecule has 0 spiro atoms. The summed E-state index contributed by atoms with van der Waals surface area (Å²) in [6.45, 7) is 6.14. The molecular weight excluding hydrogens is 264 g/mol.